The number of halogens is 3. The highest BCUT2D eigenvalue weighted by atomic mass is 19.4. The quantitative estimate of drug-likeness (QED) is 0.732. The van der Waals surface area contributed by atoms with Gasteiger partial charge in [-0.2, -0.15) is 13.2 Å². The molecule has 0 aromatic rings. The van der Waals surface area contributed by atoms with Crippen LogP contribution in [0.3, 0.4) is 0 Å². The molecule has 19 heavy (non-hydrogen) atoms. The molecule has 2 nitrogen and oxygen atoms in total. The van der Waals surface area contributed by atoms with Crippen LogP contribution in [0.1, 0.15) is 51.4 Å². The van der Waals surface area contributed by atoms with E-state index in [0.717, 1.165) is 18.9 Å². The molecule has 0 aliphatic heterocycles. The minimum absolute atomic E-state index is 0.219. The van der Waals surface area contributed by atoms with Crippen molar-refractivity contribution in [3.05, 3.63) is 0 Å². The van der Waals surface area contributed by atoms with Crippen LogP contribution in [0.5, 0.6) is 0 Å². The Hall–Kier alpha value is -0.290. The maximum absolute atomic E-state index is 12.6. The van der Waals surface area contributed by atoms with Crippen LogP contribution in [0.2, 0.25) is 0 Å². The maximum Gasteiger partial charge on any atom is 0.391 e. The second kappa shape index (κ2) is 6.00. The van der Waals surface area contributed by atoms with E-state index in [2.05, 4.69) is 5.32 Å². The van der Waals surface area contributed by atoms with E-state index in [1.807, 2.05) is 0 Å². The molecule has 0 atom stereocenters. The van der Waals surface area contributed by atoms with E-state index in [0.29, 0.717) is 19.4 Å². The van der Waals surface area contributed by atoms with Crippen LogP contribution in [0.25, 0.3) is 0 Å². The molecule has 2 saturated carbocycles. The van der Waals surface area contributed by atoms with Crippen molar-refractivity contribution in [2.24, 2.45) is 17.6 Å². The molecule has 2 aliphatic rings. The van der Waals surface area contributed by atoms with Gasteiger partial charge in [0.15, 0.2) is 0 Å². The summed E-state index contributed by atoms with van der Waals surface area (Å²) >= 11 is 0. The topological polar surface area (TPSA) is 38.0 Å². The van der Waals surface area contributed by atoms with Crippen molar-refractivity contribution in [3.8, 4) is 0 Å². The van der Waals surface area contributed by atoms with Gasteiger partial charge in [0.1, 0.15) is 0 Å². The lowest BCUT2D eigenvalue weighted by atomic mass is 9.76. The Kier molecular flexibility index (Phi) is 4.77. The van der Waals surface area contributed by atoms with Gasteiger partial charge in [-0.3, -0.25) is 0 Å². The van der Waals surface area contributed by atoms with E-state index >= 15 is 0 Å². The summed E-state index contributed by atoms with van der Waals surface area (Å²) in [5.41, 5.74) is 5.56. The summed E-state index contributed by atoms with van der Waals surface area (Å²) in [6, 6.07) is 0. The van der Waals surface area contributed by atoms with E-state index in [1.165, 1.54) is 19.3 Å². The summed E-state index contributed by atoms with van der Waals surface area (Å²) in [6.07, 6.45) is 2.59. The highest BCUT2D eigenvalue weighted by molar-refractivity contribution is 4.95. The van der Waals surface area contributed by atoms with Crippen molar-refractivity contribution in [2.75, 3.05) is 13.1 Å². The summed E-state index contributed by atoms with van der Waals surface area (Å²) in [5, 5.41) is 3.45. The monoisotopic (exact) mass is 278 g/mol. The Morgan fingerprint density at radius 1 is 1.11 bits per heavy atom. The summed E-state index contributed by atoms with van der Waals surface area (Å²) in [7, 11) is 0. The van der Waals surface area contributed by atoms with Crippen molar-refractivity contribution >= 4 is 0 Å². The largest absolute Gasteiger partial charge is 0.391 e. The zero-order chi connectivity index (χ0) is 13.9. The smallest absolute Gasteiger partial charge is 0.329 e. The molecule has 2 rings (SSSR count). The van der Waals surface area contributed by atoms with Gasteiger partial charge < -0.3 is 11.1 Å². The molecule has 0 bridgehead atoms. The molecule has 5 heteroatoms. The van der Waals surface area contributed by atoms with Gasteiger partial charge in [0, 0.05) is 12.1 Å². The van der Waals surface area contributed by atoms with Gasteiger partial charge in [-0.1, -0.05) is 12.8 Å². The number of hydrogen-bond donors (Lipinski definition) is 2. The van der Waals surface area contributed by atoms with Gasteiger partial charge in [-0.05, 0) is 51.0 Å². The van der Waals surface area contributed by atoms with Gasteiger partial charge in [-0.15, -0.1) is 0 Å². The van der Waals surface area contributed by atoms with Crippen LogP contribution < -0.4 is 11.1 Å². The summed E-state index contributed by atoms with van der Waals surface area (Å²) in [4.78, 5) is 0. The zero-order valence-electron chi connectivity index (χ0n) is 11.4. The van der Waals surface area contributed by atoms with Crippen molar-refractivity contribution in [1.82, 2.24) is 5.32 Å². The third kappa shape index (κ3) is 4.35. The van der Waals surface area contributed by atoms with Gasteiger partial charge >= 0.3 is 6.18 Å². The molecule has 0 radical (unpaired) electrons. The predicted octanol–water partition coefficient (Wildman–Crippen LogP) is 3.22. The molecule has 0 aromatic heterocycles. The van der Waals surface area contributed by atoms with Gasteiger partial charge in [-0.25, -0.2) is 0 Å². The second-order valence-corrected chi connectivity index (χ2v) is 6.31. The minimum Gasteiger partial charge on any atom is -0.329 e. The molecule has 112 valence electrons. The molecule has 0 unspecified atom stereocenters. The summed E-state index contributed by atoms with van der Waals surface area (Å²) < 4.78 is 37.9. The number of alkyl halides is 3. The Bertz CT molecular complexity index is 279. The van der Waals surface area contributed by atoms with Gasteiger partial charge in [0.05, 0.1) is 5.92 Å². The maximum atomic E-state index is 12.6. The Labute approximate surface area is 113 Å². The molecule has 0 saturated heterocycles. The Balaban J connectivity index is 1.73. The second-order valence-electron chi connectivity index (χ2n) is 6.31. The van der Waals surface area contributed by atoms with E-state index in [4.69, 9.17) is 5.73 Å². The fourth-order valence-corrected chi connectivity index (χ4v) is 3.10. The summed E-state index contributed by atoms with van der Waals surface area (Å²) in [6.45, 7) is 1.34. The average Bonchev–Trinajstić information content (AvgIpc) is 3.18. The fraction of sp³-hybridized carbons (Fsp3) is 1.00. The molecule has 2 fully saturated rings. The third-order valence-corrected chi connectivity index (χ3v) is 4.78. The van der Waals surface area contributed by atoms with Crippen molar-refractivity contribution in [2.45, 2.75) is 63.1 Å². The van der Waals surface area contributed by atoms with E-state index in [1.54, 1.807) is 0 Å². The lowest BCUT2D eigenvalue weighted by Crippen LogP contribution is -2.54. The standard InChI is InChI=1S/C14H25F3N2/c15-14(16,17)12-5-7-13(10-18,8-6-12)19-9-1-2-11-3-4-11/h11-12,19H,1-10,18H2. The van der Waals surface area contributed by atoms with E-state index in [-0.39, 0.29) is 18.4 Å². The van der Waals surface area contributed by atoms with E-state index < -0.39 is 12.1 Å². The van der Waals surface area contributed by atoms with Crippen LogP contribution >= 0.6 is 0 Å². The molecule has 2 aliphatic carbocycles. The van der Waals surface area contributed by atoms with Crippen LogP contribution in [-0.2, 0) is 0 Å². The van der Waals surface area contributed by atoms with Crippen LogP contribution in [0.4, 0.5) is 13.2 Å². The van der Waals surface area contributed by atoms with Crippen LogP contribution in [0, 0.1) is 11.8 Å². The number of nitrogens with two attached hydrogens (primary N) is 1. The fourth-order valence-electron chi connectivity index (χ4n) is 3.10. The lowest BCUT2D eigenvalue weighted by molar-refractivity contribution is -0.185. The molecule has 0 spiro atoms. The number of nitrogens with one attached hydrogen (secondary N) is 1. The highest BCUT2D eigenvalue weighted by Gasteiger charge is 2.45. The molecule has 0 heterocycles. The molecule has 0 amide bonds. The van der Waals surface area contributed by atoms with E-state index in [9.17, 15) is 13.2 Å². The lowest BCUT2D eigenvalue weighted by Gasteiger charge is -2.40. The predicted molar refractivity (Wildman–Crippen MR) is 69.8 cm³/mol. The normalized spacial score (nSPS) is 32.5. The van der Waals surface area contributed by atoms with Gasteiger partial charge in [0.2, 0.25) is 0 Å². The van der Waals surface area contributed by atoms with Gasteiger partial charge in [0.25, 0.3) is 0 Å². The van der Waals surface area contributed by atoms with Crippen molar-refractivity contribution < 1.29 is 13.2 Å². The van der Waals surface area contributed by atoms with Crippen LogP contribution in [-0.4, -0.2) is 24.8 Å². The molecular weight excluding hydrogens is 253 g/mol. The first kappa shape index (κ1) is 15.1. The minimum atomic E-state index is -4.03. The zero-order valence-corrected chi connectivity index (χ0v) is 11.4. The SMILES string of the molecule is NCC1(NCCCC2CC2)CCC(C(F)(F)F)CC1. The van der Waals surface area contributed by atoms with Crippen molar-refractivity contribution in [3.63, 3.8) is 0 Å². The first-order chi connectivity index (χ1) is 8.95. The number of rotatable bonds is 6. The number of hydrogen-bond acceptors (Lipinski definition) is 2. The highest BCUT2D eigenvalue weighted by Crippen LogP contribution is 2.41. The first-order valence-corrected chi connectivity index (χ1v) is 7.47. The third-order valence-electron chi connectivity index (χ3n) is 4.78. The first-order valence-electron chi connectivity index (χ1n) is 7.47. The van der Waals surface area contributed by atoms with Crippen LogP contribution in [0.15, 0.2) is 0 Å². The Morgan fingerprint density at radius 3 is 2.21 bits per heavy atom. The molecule has 3 N–H and O–H groups in total. The van der Waals surface area contributed by atoms with Crippen molar-refractivity contribution in [1.29, 1.82) is 0 Å². The summed E-state index contributed by atoms with van der Waals surface area (Å²) in [5.74, 6) is -0.211. The average molecular weight is 278 g/mol. The Morgan fingerprint density at radius 2 is 1.74 bits per heavy atom. The molecular formula is C14H25F3N2. The molecule has 0 aromatic carbocycles.